The van der Waals surface area contributed by atoms with Crippen molar-refractivity contribution < 1.29 is 19.1 Å². The van der Waals surface area contributed by atoms with E-state index in [0.29, 0.717) is 32.4 Å². The second kappa shape index (κ2) is 10.7. The molecule has 1 saturated heterocycles. The Labute approximate surface area is 204 Å². The SMILES string of the molecule is CC(C)N(C(=O)O)C1CCN(C(=O)Cn2nc(-c3ccncc3)cc2Cc2ccc(F)cc2)CC1. The summed E-state index contributed by atoms with van der Waals surface area (Å²) in [6, 6.07) is 11.8. The highest BCUT2D eigenvalue weighted by atomic mass is 19.1. The molecule has 1 aliphatic rings. The summed E-state index contributed by atoms with van der Waals surface area (Å²) < 4.78 is 15.1. The zero-order valence-electron chi connectivity index (χ0n) is 20.0. The number of halogens is 1. The highest BCUT2D eigenvalue weighted by Gasteiger charge is 2.31. The van der Waals surface area contributed by atoms with Gasteiger partial charge in [0.15, 0.2) is 0 Å². The van der Waals surface area contributed by atoms with Gasteiger partial charge in [-0.2, -0.15) is 5.10 Å². The van der Waals surface area contributed by atoms with Gasteiger partial charge in [0, 0.05) is 55.2 Å². The number of pyridine rings is 1. The molecule has 2 aromatic heterocycles. The summed E-state index contributed by atoms with van der Waals surface area (Å²) in [5, 5.41) is 14.2. The summed E-state index contributed by atoms with van der Waals surface area (Å²) in [4.78, 5) is 32.1. The van der Waals surface area contributed by atoms with Crippen LogP contribution < -0.4 is 0 Å². The molecule has 184 valence electrons. The largest absolute Gasteiger partial charge is 0.465 e. The number of piperidine rings is 1. The van der Waals surface area contributed by atoms with Gasteiger partial charge in [-0.1, -0.05) is 12.1 Å². The zero-order valence-corrected chi connectivity index (χ0v) is 20.0. The quantitative estimate of drug-likeness (QED) is 0.552. The van der Waals surface area contributed by atoms with Crippen LogP contribution in [-0.2, 0) is 17.8 Å². The van der Waals surface area contributed by atoms with Gasteiger partial charge in [0.2, 0.25) is 5.91 Å². The van der Waals surface area contributed by atoms with Gasteiger partial charge in [-0.05, 0) is 62.6 Å². The first-order valence-electron chi connectivity index (χ1n) is 11.8. The molecular formula is C26H30FN5O3. The maximum atomic E-state index is 13.4. The lowest BCUT2D eigenvalue weighted by Gasteiger charge is -2.39. The van der Waals surface area contributed by atoms with Gasteiger partial charge in [-0.15, -0.1) is 0 Å². The van der Waals surface area contributed by atoms with Gasteiger partial charge >= 0.3 is 6.09 Å². The predicted octanol–water partition coefficient (Wildman–Crippen LogP) is 4.05. The van der Waals surface area contributed by atoms with Gasteiger partial charge in [-0.3, -0.25) is 14.5 Å². The second-order valence-electron chi connectivity index (χ2n) is 9.11. The first-order valence-corrected chi connectivity index (χ1v) is 11.8. The number of hydrogen-bond donors (Lipinski definition) is 1. The lowest BCUT2D eigenvalue weighted by molar-refractivity contribution is -0.133. The van der Waals surface area contributed by atoms with Crippen molar-refractivity contribution >= 4 is 12.0 Å². The molecule has 1 fully saturated rings. The summed E-state index contributed by atoms with van der Waals surface area (Å²) >= 11 is 0. The number of carbonyl (C=O) groups excluding carboxylic acids is 1. The summed E-state index contributed by atoms with van der Waals surface area (Å²) in [5.41, 5.74) is 3.41. The Hall–Kier alpha value is -3.75. The molecule has 4 rings (SSSR count). The van der Waals surface area contributed by atoms with E-state index in [4.69, 9.17) is 5.10 Å². The summed E-state index contributed by atoms with van der Waals surface area (Å²) in [6.07, 6.45) is 4.20. The van der Waals surface area contributed by atoms with E-state index in [9.17, 15) is 19.1 Å². The Bertz CT molecular complexity index is 1160. The topological polar surface area (TPSA) is 91.6 Å². The van der Waals surface area contributed by atoms with Crippen LogP contribution in [-0.4, -0.2) is 66.8 Å². The van der Waals surface area contributed by atoms with E-state index in [1.165, 1.54) is 17.0 Å². The van der Waals surface area contributed by atoms with E-state index < -0.39 is 6.09 Å². The number of carbonyl (C=O) groups is 2. The van der Waals surface area contributed by atoms with Crippen molar-refractivity contribution in [2.45, 2.75) is 51.7 Å². The molecule has 0 radical (unpaired) electrons. The summed E-state index contributed by atoms with van der Waals surface area (Å²) in [6.45, 7) is 4.83. The van der Waals surface area contributed by atoms with Crippen LogP contribution in [0.3, 0.4) is 0 Å². The van der Waals surface area contributed by atoms with Crippen LogP contribution in [0.25, 0.3) is 11.3 Å². The fourth-order valence-electron chi connectivity index (χ4n) is 4.63. The van der Waals surface area contributed by atoms with Gasteiger partial charge in [0.05, 0.1) is 5.69 Å². The van der Waals surface area contributed by atoms with Crippen molar-refractivity contribution in [3.8, 4) is 11.3 Å². The molecule has 0 aliphatic carbocycles. The van der Waals surface area contributed by atoms with E-state index in [1.54, 1.807) is 34.1 Å². The molecule has 3 heterocycles. The first-order chi connectivity index (χ1) is 16.8. The molecule has 0 bridgehead atoms. The van der Waals surface area contributed by atoms with Gasteiger partial charge < -0.3 is 14.9 Å². The molecule has 0 atom stereocenters. The van der Waals surface area contributed by atoms with Crippen LogP contribution in [0.15, 0.2) is 54.9 Å². The minimum Gasteiger partial charge on any atom is -0.465 e. The number of likely N-dealkylation sites (tertiary alicyclic amines) is 1. The number of benzene rings is 1. The smallest absolute Gasteiger partial charge is 0.407 e. The van der Waals surface area contributed by atoms with Crippen LogP contribution in [0.1, 0.15) is 37.9 Å². The fraction of sp³-hybridized carbons (Fsp3) is 0.385. The monoisotopic (exact) mass is 479 g/mol. The Kier molecular flexibility index (Phi) is 7.43. The number of hydrogen-bond acceptors (Lipinski definition) is 4. The van der Waals surface area contributed by atoms with Crippen LogP contribution in [0.2, 0.25) is 0 Å². The van der Waals surface area contributed by atoms with Gasteiger partial charge in [0.1, 0.15) is 12.4 Å². The molecule has 35 heavy (non-hydrogen) atoms. The average Bonchev–Trinajstić information content (AvgIpc) is 3.23. The van der Waals surface area contributed by atoms with Crippen molar-refractivity contribution in [1.82, 2.24) is 24.6 Å². The molecule has 2 amide bonds. The number of nitrogens with zero attached hydrogens (tertiary/aromatic N) is 5. The first kappa shape index (κ1) is 24.4. The molecule has 0 unspecified atom stereocenters. The number of carboxylic acid groups (broad SMARTS) is 1. The Morgan fingerprint density at radius 2 is 1.77 bits per heavy atom. The van der Waals surface area contributed by atoms with Gasteiger partial charge in [-0.25, -0.2) is 9.18 Å². The fourth-order valence-corrected chi connectivity index (χ4v) is 4.63. The lowest BCUT2D eigenvalue weighted by atomic mass is 10.0. The van der Waals surface area contributed by atoms with Crippen molar-refractivity contribution in [2.24, 2.45) is 0 Å². The predicted molar refractivity (Wildman–Crippen MR) is 129 cm³/mol. The molecule has 0 saturated carbocycles. The lowest BCUT2D eigenvalue weighted by Crippen LogP contribution is -2.51. The van der Waals surface area contributed by atoms with Crippen molar-refractivity contribution in [3.63, 3.8) is 0 Å². The number of rotatable bonds is 7. The van der Waals surface area contributed by atoms with Gasteiger partial charge in [0.25, 0.3) is 0 Å². The standard InChI is InChI=1S/C26H30FN5O3/c1-18(2)32(26(34)35)22-9-13-30(14-10-22)25(33)17-31-23(15-19-3-5-21(27)6-4-19)16-24(29-31)20-7-11-28-12-8-20/h3-8,11-12,16,18,22H,9-10,13-15,17H2,1-2H3,(H,34,35). The van der Waals surface area contributed by atoms with Crippen LogP contribution >= 0.6 is 0 Å². The Balaban J connectivity index is 1.49. The molecule has 0 spiro atoms. The summed E-state index contributed by atoms with van der Waals surface area (Å²) in [5.74, 6) is -0.350. The molecule has 1 aliphatic heterocycles. The normalized spacial score (nSPS) is 14.3. The van der Waals surface area contributed by atoms with E-state index in [2.05, 4.69) is 4.98 Å². The second-order valence-corrected chi connectivity index (χ2v) is 9.11. The van der Waals surface area contributed by atoms with Crippen LogP contribution in [0.5, 0.6) is 0 Å². The van der Waals surface area contributed by atoms with E-state index in [1.807, 2.05) is 32.0 Å². The molecule has 9 heteroatoms. The molecule has 3 aromatic rings. The van der Waals surface area contributed by atoms with Crippen LogP contribution in [0, 0.1) is 5.82 Å². The average molecular weight is 480 g/mol. The third kappa shape index (κ3) is 5.85. The van der Waals surface area contributed by atoms with Crippen molar-refractivity contribution in [2.75, 3.05) is 13.1 Å². The molecular weight excluding hydrogens is 449 g/mol. The Morgan fingerprint density at radius 1 is 1.11 bits per heavy atom. The van der Waals surface area contributed by atoms with E-state index in [0.717, 1.165) is 22.5 Å². The maximum absolute atomic E-state index is 13.4. The minimum atomic E-state index is -0.921. The maximum Gasteiger partial charge on any atom is 0.407 e. The minimum absolute atomic E-state index is 0.0559. The van der Waals surface area contributed by atoms with Crippen molar-refractivity contribution in [1.29, 1.82) is 0 Å². The molecule has 1 aromatic carbocycles. The van der Waals surface area contributed by atoms with Crippen molar-refractivity contribution in [3.05, 3.63) is 71.9 Å². The highest BCUT2D eigenvalue weighted by molar-refractivity contribution is 5.76. The number of aromatic nitrogens is 3. The molecule has 8 nitrogen and oxygen atoms in total. The Morgan fingerprint density at radius 3 is 2.37 bits per heavy atom. The van der Waals surface area contributed by atoms with Crippen LogP contribution in [0.4, 0.5) is 9.18 Å². The number of amides is 2. The molecule has 1 N–H and O–H groups in total. The summed E-state index contributed by atoms with van der Waals surface area (Å²) in [7, 11) is 0. The third-order valence-corrected chi connectivity index (χ3v) is 6.41. The highest BCUT2D eigenvalue weighted by Crippen LogP contribution is 2.22. The third-order valence-electron chi connectivity index (χ3n) is 6.41. The van der Waals surface area contributed by atoms with E-state index in [-0.39, 0.29) is 30.4 Å². The van der Waals surface area contributed by atoms with E-state index >= 15 is 0 Å². The zero-order chi connectivity index (χ0) is 24.9.